The third-order valence-corrected chi connectivity index (χ3v) is 13.0. The van der Waals surface area contributed by atoms with Crippen molar-refractivity contribution in [1.82, 2.24) is 9.80 Å². The molecule has 5 aliphatic heterocycles. The van der Waals surface area contributed by atoms with E-state index in [1.807, 2.05) is 24.3 Å². The van der Waals surface area contributed by atoms with E-state index in [1.165, 1.54) is 24.0 Å². The second kappa shape index (κ2) is 9.16. The maximum Gasteiger partial charge on any atom is 0.122 e. The third kappa shape index (κ3) is 3.75. The first-order valence-corrected chi connectivity index (χ1v) is 15.5. The van der Waals surface area contributed by atoms with Gasteiger partial charge in [-0.1, -0.05) is 13.8 Å². The van der Waals surface area contributed by atoms with Crippen molar-refractivity contribution in [3.05, 3.63) is 48.3 Å². The highest BCUT2D eigenvalue weighted by molar-refractivity contribution is 8.01. The zero-order valence-electron chi connectivity index (χ0n) is 22.2. The molecule has 0 bridgehead atoms. The lowest BCUT2D eigenvalue weighted by atomic mass is 9.65. The molecular weight excluding hydrogens is 484 g/mol. The van der Waals surface area contributed by atoms with Crippen molar-refractivity contribution in [2.75, 3.05) is 5.75 Å². The number of aliphatic hydroxyl groups excluding tert-OH is 2. The van der Waals surface area contributed by atoms with Gasteiger partial charge in [0, 0.05) is 46.5 Å². The molecule has 2 N–H and O–H groups in total. The van der Waals surface area contributed by atoms with Crippen LogP contribution in [0.15, 0.2) is 46.0 Å². The van der Waals surface area contributed by atoms with E-state index in [2.05, 4.69) is 35.8 Å². The van der Waals surface area contributed by atoms with Crippen LogP contribution < -0.4 is 0 Å². The van der Waals surface area contributed by atoms with E-state index >= 15 is 0 Å². The molecule has 7 rings (SSSR count). The van der Waals surface area contributed by atoms with Crippen molar-refractivity contribution in [2.45, 2.75) is 113 Å². The van der Waals surface area contributed by atoms with E-state index in [0.29, 0.717) is 23.9 Å². The summed E-state index contributed by atoms with van der Waals surface area (Å²) in [5.74, 6) is 2.10. The van der Waals surface area contributed by atoms with Crippen LogP contribution in [0.25, 0.3) is 0 Å². The van der Waals surface area contributed by atoms with Gasteiger partial charge in [0.15, 0.2) is 0 Å². The maximum atomic E-state index is 12.2. The van der Waals surface area contributed by atoms with Gasteiger partial charge in [0.05, 0.1) is 29.8 Å². The van der Waals surface area contributed by atoms with E-state index in [4.69, 9.17) is 8.83 Å². The molecule has 2 aromatic rings. The minimum atomic E-state index is -0.506. The van der Waals surface area contributed by atoms with Gasteiger partial charge in [0.25, 0.3) is 0 Å². The van der Waals surface area contributed by atoms with E-state index in [9.17, 15) is 10.2 Å². The Labute approximate surface area is 224 Å². The molecule has 2 spiro atoms. The van der Waals surface area contributed by atoms with E-state index < -0.39 is 12.5 Å². The van der Waals surface area contributed by atoms with Gasteiger partial charge in [-0.25, -0.2) is 0 Å². The number of rotatable bonds is 2. The van der Waals surface area contributed by atoms with Gasteiger partial charge in [0.2, 0.25) is 0 Å². The number of fused-ring (bicyclic) bond motifs is 2. The molecule has 7 heterocycles. The van der Waals surface area contributed by atoms with Gasteiger partial charge >= 0.3 is 0 Å². The number of piperidine rings is 4. The van der Waals surface area contributed by atoms with Gasteiger partial charge < -0.3 is 19.0 Å². The molecule has 2 aromatic heterocycles. The van der Waals surface area contributed by atoms with Crippen LogP contribution in [0.1, 0.15) is 94.8 Å². The van der Waals surface area contributed by atoms with Crippen LogP contribution in [0, 0.1) is 17.3 Å². The molecule has 6 nitrogen and oxygen atoms in total. The lowest BCUT2D eigenvalue weighted by Gasteiger charge is -2.58. The van der Waals surface area contributed by atoms with Crippen LogP contribution in [-0.2, 0) is 0 Å². The summed E-state index contributed by atoms with van der Waals surface area (Å²) in [5.41, 5.74) is 2.20. The Hall–Kier alpha value is -1.25. The van der Waals surface area contributed by atoms with Crippen LogP contribution in [0.4, 0.5) is 0 Å². The first-order valence-electron chi connectivity index (χ1n) is 14.5. The molecule has 37 heavy (non-hydrogen) atoms. The second-order valence-corrected chi connectivity index (χ2v) is 14.4. The fourth-order valence-corrected chi connectivity index (χ4v) is 11.0. The predicted molar refractivity (Wildman–Crippen MR) is 144 cm³/mol. The Kier molecular flexibility index (Phi) is 6.13. The van der Waals surface area contributed by atoms with Crippen LogP contribution in [0.3, 0.4) is 0 Å². The zero-order chi connectivity index (χ0) is 25.4. The topological polar surface area (TPSA) is 73.2 Å². The zero-order valence-corrected chi connectivity index (χ0v) is 23.0. The van der Waals surface area contributed by atoms with E-state index in [1.54, 1.807) is 12.5 Å². The lowest BCUT2D eigenvalue weighted by molar-refractivity contribution is -0.191. The van der Waals surface area contributed by atoms with Gasteiger partial charge in [0.1, 0.15) is 12.5 Å². The molecule has 0 aliphatic carbocycles. The molecule has 0 saturated carbocycles. The highest BCUT2D eigenvalue weighted by atomic mass is 32.2. The molecule has 5 fully saturated rings. The fourth-order valence-electron chi connectivity index (χ4n) is 9.06. The minimum Gasteiger partial charge on any atom is -0.472 e. The van der Waals surface area contributed by atoms with Crippen molar-refractivity contribution in [3.63, 3.8) is 0 Å². The Bertz CT molecular complexity index is 993. The number of aliphatic hydroxyl groups is 2. The SMILES string of the molecule is C[C@H]1CC[C@H](c2ccoc2)N2[C@@H]1CC[C@]1(CS[C@]3(CC[C@@H]4[C@@H](C)CC[C@H](c5ccoc5)N4[C@H]3O)C1)[C@@H]2O. The van der Waals surface area contributed by atoms with Gasteiger partial charge in [-0.15, -0.1) is 0 Å². The smallest absolute Gasteiger partial charge is 0.122 e. The summed E-state index contributed by atoms with van der Waals surface area (Å²) < 4.78 is 10.7. The van der Waals surface area contributed by atoms with Crippen LogP contribution in [-0.4, -0.2) is 55.1 Å². The summed E-state index contributed by atoms with van der Waals surface area (Å²) in [6.45, 7) is 4.72. The quantitative estimate of drug-likeness (QED) is 0.501. The fraction of sp³-hybridized carbons (Fsp3) is 0.733. The van der Waals surface area contributed by atoms with Crippen molar-refractivity contribution in [2.24, 2.45) is 17.3 Å². The van der Waals surface area contributed by atoms with Crippen molar-refractivity contribution in [1.29, 1.82) is 0 Å². The van der Waals surface area contributed by atoms with Crippen LogP contribution >= 0.6 is 11.8 Å². The normalized spacial score (nSPS) is 46.8. The second-order valence-electron chi connectivity index (χ2n) is 13.0. The molecular formula is C30H42N2O4S. The highest BCUT2D eigenvalue weighted by Crippen LogP contribution is 2.63. The minimum absolute atomic E-state index is 0.180. The van der Waals surface area contributed by atoms with Crippen LogP contribution in [0.5, 0.6) is 0 Å². The average molecular weight is 527 g/mol. The summed E-state index contributed by atoms with van der Waals surface area (Å²) >= 11 is 1.96. The molecule has 7 heteroatoms. The van der Waals surface area contributed by atoms with Crippen molar-refractivity contribution >= 4 is 11.8 Å². The largest absolute Gasteiger partial charge is 0.472 e. The van der Waals surface area contributed by atoms with Crippen molar-refractivity contribution in [3.8, 4) is 0 Å². The molecule has 202 valence electrons. The highest BCUT2D eigenvalue weighted by Gasteiger charge is 2.63. The summed E-state index contributed by atoms with van der Waals surface area (Å²) in [5, 5.41) is 24.4. The summed E-state index contributed by atoms with van der Waals surface area (Å²) in [7, 11) is 0. The molecule has 0 unspecified atom stereocenters. The van der Waals surface area contributed by atoms with Crippen molar-refractivity contribution < 1.29 is 19.0 Å². The monoisotopic (exact) mass is 526 g/mol. The molecule has 5 saturated heterocycles. The molecule has 10 atom stereocenters. The molecule has 5 aliphatic rings. The Morgan fingerprint density at radius 3 is 1.92 bits per heavy atom. The Morgan fingerprint density at radius 1 is 0.784 bits per heavy atom. The van der Waals surface area contributed by atoms with E-state index in [-0.39, 0.29) is 22.2 Å². The number of nitrogens with zero attached hydrogens (tertiary/aromatic N) is 2. The standard InChI is InChI=1S/C30H42N2O4S/c1-19-3-5-25(21-9-13-35-15-21)31-23(19)7-11-29(27(31)33)17-30(37-18-29)12-8-24-20(2)4-6-26(32(24)28(30)34)22-10-14-36-16-22/h9-10,13-16,19-20,23-28,33-34H,3-8,11-12,17-18H2,1-2H3/t19-,20-,23+,24+,25+,26+,27-,28-,29-,30+/m0/s1. The maximum absolute atomic E-state index is 12.2. The predicted octanol–water partition coefficient (Wildman–Crippen LogP) is 5.94. The number of hydrogen-bond acceptors (Lipinski definition) is 7. The first-order chi connectivity index (χ1) is 17.9. The number of thioether (sulfide) groups is 1. The Morgan fingerprint density at radius 2 is 1.35 bits per heavy atom. The van der Waals surface area contributed by atoms with Gasteiger partial charge in [-0.2, -0.15) is 11.8 Å². The van der Waals surface area contributed by atoms with Gasteiger partial charge in [-0.05, 0) is 81.8 Å². The van der Waals surface area contributed by atoms with Crippen LogP contribution in [0.2, 0.25) is 0 Å². The molecule has 0 aromatic carbocycles. The average Bonchev–Trinajstić information content (AvgIpc) is 3.68. The van der Waals surface area contributed by atoms with E-state index in [0.717, 1.165) is 50.7 Å². The van der Waals surface area contributed by atoms with Gasteiger partial charge in [-0.3, -0.25) is 9.80 Å². The summed E-state index contributed by atoms with van der Waals surface area (Å²) in [4.78, 5) is 4.90. The lowest BCUT2D eigenvalue weighted by Crippen LogP contribution is -2.64. The number of hydrogen-bond donors (Lipinski definition) is 2. The Balaban J connectivity index is 1.18. The first kappa shape index (κ1) is 24.8. The summed E-state index contributed by atoms with van der Waals surface area (Å²) in [6, 6.07) is 5.38. The number of furan rings is 2. The summed E-state index contributed by atoms with van der Waals surface area (Å²) in [6.07, 6.45) is 16.0. The molecule has 0 amide bonds. The third-order valence-electron chi connectivity index (χ3n) is 11.1. The molecule has 0 radical (unpaired) electrons.